The van der Waals surface area contributed by atoms with Crippen LogP contribution in [0.5, 0.6) is 0 Å². The van der Waals surface area contributed by atoms with Crippen molar-refractivity contribution in [3.05, 3.63) is 29.1 Å². The third-order valence-electron chi connectivity index (χ3n) is 1.88. The van der Waals surface area contributed by atoms with Gasteiger partial charge >= 0.3 is 0 Å². The van der Waals surface area contributed by atoms with Crippen LogP contribution in [0.15, 0.2) is 24.3 Å². The van der Waals surface area contributed by atoms with Crippen LogP contribution in [-0.2, 0) is 5.75 Å². The van der Waals surface area contributed by atoms with Crippen molar-refractivity contribution in [2.45, 2.75) is 5.75 Å². The fraction of sp³-hybridized carbons (Fsp3) is 0.200. The SMILES string of the molecule is CSCc1cc2ccc(N)cc2s1. The molecule has 1 heterocycles. The van der Waals surface area contributed by atoms with Crippen LogP contribution < -0.4 is 5.73 Å². The molecule has 0 radical (unpaired) electrons. The highest BCUT2D eigenvalue weighted by Crippen LogP contribution is 2.29. The van der Waals surface area contributed by atoms with Crippen LogP contribution in [0.25, 0.3) is 10.1 Å². The summed E-state index contributed by atoms with van der Waals surface area (Å²) in [7, 11) is 0. The van der Waals surface area contributed by atoms with E-state index in [2.05, 4.69) is 18.4 Å². The largest absolute Gasteiger partial charge is 0.399 e. The summed E-state index contributed by atoms with van der Waals surface area (Å²) in [6, 6.07) is 8.34. The van der Waals surface area contributed by atoms with Gasteiger partial charge in [-0.25, -0.2) is 0 Å². The van der Waals surface area contributed by atoms with Gasteiger partial charge in [0, 0.05) is 21.0 Å². The third-order valence-corrected chi connectivity index (χ3v) is 3.76. The van der Waals surface area contributed by atoms with Gasteiger partial charge in [-0.2, -0.15) is 11.8 Å². The zero-order valence-electron chi connectivity index (χ0n) is 7.41. The molecule has 0 fully saturated rings. The summed E-state index contributed by atoms with van der Waals surface area (Å²) in [5.74, 6) is 1.10. The van der Waals surface area contributed by atoms with Crippen LogP contribution in [0.1, 0.15) is 4.88 Å². The monoisotopic (exact) mass is 209 g/mol. The fourth-order valence-electron chi connectivity index (χ4n) is 1.32. The first-order valence-corrected chi connectivity index (χ1v) is 6.27. The van der Waals surface area contributed by atoms with Crippen LogP contribution in [0.4, 0.5) is 5.69 Å². The van der Waals surface area contributed by atoms with Gasteiger partial charge in [0.2, 0.25) is 0 Å². The first kappa shape index (κ1) is 8.91. The van der Waals surface area contributed by atoms with E-state index < -0.39 is 0 Å². The molecule has 1 nitrogen and oxygen atoms in total. The minimum absolute atomic E-state index is 0.852. The number of thiophene rings is 1. The molecule has 2 rings (SSSR count). The Morgan fingerprint density at radius 2 is 2.23 bits per heavy atom. The molecule has 0 atom stereocenters. The quantitative estimate of drug-likeness (QED) is 0.768. The Hall–Kier alpha value is -0.670. The summed E-state index contributed by atoms with van der Waals surface area (Å²) in [5, 5.41) is 1.31. The summed E-state index contributed by atoms with van der Waals surface area (Å²) in [6.45, 7) is 0. The smallest absolute Gasteiger partial charge is 0.0366 e. The third kappa shape index (κ3) is 1.81. The first-order valence-electron chi connectivity index (χ1n) is 4.06. The minimum atomic E-state index is 0.852. The van der Waals surface area contributed by atoms with E-state index in [0.717, 1.165) is 11.4 Å². The number of hydrogen-bond acceptors (Lipinski definition) is 3. The molecule has 1 aromatic carbocycles. The van der Waals surface area contributed by atoms with Crippen LogP contribution in [0.3, 0.4) is 0 Å². The van der Waals surface area contributed by atoms with E-state index in [9.17, 15) is 0 Å². The number of fused-ring (bicyclic) bond motifs is 1. The summed E-state index contributed by atoms with van der Waals surface area (Å²) in [6.07, 6.45) is 2.12. The van der Waals surface area contributed by atoms with Crippen LogP contribution in [0, 0.1) is 0 Å². The van der Waals surface area contributed by atoms with Crippen LogP contribution >= 0.6 is 23.1 Å². The molecule has 0 saturated carbocycles. The topological polar surface area (TPSA) is 26.0 Å². The van der Waals surface area contributed by atoms with Crippen molar-refractivity contribution in [3.63, 3.8) is 0 Å². The van der Waals surface area contributed by atoms with Gasteiger partial charge in [-0.05, 0) is 29.8 Å². The molecule has 2 N–H and O–H groups in total. The highest BCUT2D eigenvalue weighted by atomic mass is 32.2. The molecule has 2 aromatic rings. The number of hydrogen-bond donors (Lipinski definition) is 1. The fourth-order valence-corrected chi connectivity index (χ4v) is 3.18. The average Bonchev–Trinajstić information content (AvgIpc) is 2.46. The van der Waals surface area contributed by atoms with Gasteiger partial charge in [0.05, 0.1) is 0 Å². The van der Waals surface area contributed by atoms with E-state index in [1.165, 1.54) is 15.0 Å². The molecule has 1 aromatic heterocycles. The second-order valence-corrected chi connectivity index (χ2v) is 4.98. The molecule has 68 valence electrons. The predicted octanol–water partition coefficient (Wildman–Crippen LogP) is 3.35. The summed E-state index contributed by atoms with van der Waals surface area (Å²) in [4.78, 5) is 1.42. The summed E-state index contributed by atoms with van der Waals surface area (Å²) >= 11 is 3.69. The lowest BCUT2D eigenvalue weighted by Crippen LogP contribution is -1.80. The van der Waals surface area contributed by atoms with E-state index >= 15 is 0 Å². The highest BCUT2D eigenvalue weighted by Gasteiger charge is 2.00. The van der Waals surface area contributed by atoms with Gasteiger partial charge in [0.1, 0.15) is 0 Å². The van der Waals surface area contributed by atoms with Gasteiger partial charge in [-0.3, -0.25) is 0 Å². The number of thioether (sulfide) groups is 1. The van der Waals surface area contributed by atoms with Gasteiger partial charge in [0.15, 0.2) is 0 Å². The Balaban J connectivity index is 2.49. The lowest BCUT2D eigenvalue weighted by molar-refractivity contribution is 1.56. The molecular weight excluding hydrogens is 198 g/mol. The van der Waals surface area contributed by atoms with Gasteiger partial charge in [0.25, 0.3) is 0 Å². The number of anilines is 1. The summed E-state index contributed by atoms with van der Waals surface area (Å²) < 4.78 is 1.30. The van der Waals surface area contributed by atoms with Crippen molar-refractivity contribution >= 4 is 38.9 Å². The molecule has 13 heavy (non-hydrogen) atoms. The maximum absolute atomic E-state index is 5.71. The Morgan fingerprint density at radius 3 is 3.00 bits per heavy atom. The molecule has 3 heteroatoms. The zero-order valence-corrected chi connectivity index (χ0v) is 9.04. The maximum Gasteiger partial charge on any atom is 0.0366 e. The standard InChI is InChI=1S/C10H11NS2/c1-12-6-9-4-7-2-3-8(11)5-10(7)13-9/h2-5H,6,11H2,1H3. The molecule has 0 amide bonds. The van der Waals surface area contributed by atoms with E-state index in [0.29, 0.717) is 0 Å². The predicted molar refractivity (Wildman–Crippen MR) is 63.5 cm³/mol. The van der Waals surface area contributed by atoms with E-state index in [4.69, 9.17) is 5.73 Å². The average molecular weight is 209 g/mol. The van der Waals surface area contributed by atoms with Crippen molar-refractivity contribution in [1.29, 1.82) is 0 Å². The normalized spacial score (nSPS) is 10.8. The van der Waals surface area contributed by atoms with Crippen molar-refractivity contribution in [1.82, 2.24) is 0 Å². The van der Waals surface area contributed by atoms with E-state index in [-0.39, 0.29) is 0 Å². The molecule has 0 aliphatic heterocycles. The lowest BCUT2D eigenvalue weighted by atomic mass is 10.2. The second kappa shape index (κ2) is 3.60. The Labute approximate surface area is 85.9 Å². The molecule has 0 aliphatic carbocycles. The molecule has 0 bridgehead atoms. The van der Waals surface area contributed by atoms with Crippen LogP contribution in [-0.4, -0.2) is 6.26 Å². The Morgan fingerprint density at radius 1 is 1.38 bits per heavy atom. The second-order valence-electron chi connectivity index (χ2n) is 2.94. The summed E-state index contributed by atoms with van der Waals surface area (Å²) in [5.41, 5.74) is 6.56. The minimum Gasteiger partial charge on any atom is -0.399 e. The van der Waals surface area contributed by atoms with Crippen LogP contribution in [0.2, 0.25) is 0 Å². The lowest BCUT2D eigenvalue weighted by Gasteiger charge is -1.90. The number of nitrogen functional groups attached to an aromatic ring is 1. The van der Waals surface area contributed by atoms with E-state index in [1.807, 2.05) is 35.2 Å². The van der Waals surface area contributed by atoms with Gasteiger partial charge in [-0.1, -0.05) is 6.07 Å². The highest BCUT2D eigenvalue weighted by molar-refractivity contribution is 7.97. The Kier molecular flexibility index (Phi) is 2.47. The van der Waals surface area contributed by atoms with Crippen molar-refractivity contribution in [2.24, 2.45) is 0 Å². The number of rotatable bonds is 2. The Bertz CT molecular complexity index is 420. The van der Waals surface area contributed by atoms with Crippen molar-refractivity contribution < 1.29 is 0 Å². The zero-order chi connectivity index (χ0) is 9.26. The van der Waals surface area contributed by atoms with Crippen molar-refractivity contribution in [3.8, 4) is 0 Å². The van der Waals surface area contributed by atoms with Gasteiger partial charge in [-0.15, -0.1) is 11.3 Å². The van der Waals surface area contributed by atoms with E-state index in [1.54, 1.807) is 0 Å². The molecular formula is C10H11NS2. The van der Waals surface area contributed by atoms with Gasteiger partial charge < -0.3 is 5.73 Å². The molecule has 0 aliphatic rings. The first-order chi connectivity index (χ1) is 6.29. The molecule has 0 saturated heterocycles. The van der Waals surface area contributed by atoms with Crippen molar-refractivity contribution in [2.75, 3.05) is 12.0 Å². The molecule has 0 unspecified atom stereocenters. The number of nitrogens with two attached hydrogens (primary N) is 1. The number of benzene rings is 1. The molecule has 0 spiro atoms. The maximum atomic E-state index is 5.71.